The van der Waals surface area contributed by atoms with Gasteiger partial charge in [0.15, 0.2) is 0 Å². The zero-order valence-corrected chi connectivity index (χ0v) is 21.0. The van der Waals surface area contributed by atoms with Crippen molar-refractivity contribution in [3.05, 3.63) is 63.9 Å². The second-order valence-corrected chi connectivity index (χ2v) is 10.5. The molecule has 180 valence electrons. The van der Waals surface area contributed by atoms with E-state index in [1.54, 1.807) is 19.9 Å². The van der Waals surface area contributed by atoms with Gasteiger partial charge in [0.1, 0.15) is 18.4 Å². The molecule has 0 spiro atoms. The molecule has 0 unspecified atom stereocenters. The zero-order chi connectivity index (χ0) is 24.9. The minimum Gasteiger partial charge on any atom is -0.352 e. The van der Waals surface area contributed by atoms with Crippen molar-refractivity contribution in [3.63, 3.8) is 0 Å². The highest BCUT2D eigenvalue weighted by Gasteiger charge is 2.31. The quantitative estimate of drug-likeness (QED) is 0.547. The van der Waals surface area contributed by atoms with Crippen molar-refractivity contribution in [2.75, 3.05) is 17.1 Å². The Balaban J connectivity index is 2.43. The van der Waals surface area contributed by atoms with E-state index < -0.39 is 40.2 Å². The largest absolute Gasteiger partial charge is 0.352 e. The number of anilines is 1. The maximum atomic E-state index is 14.3. The van der Waals surface area contributed by atoms with Gasteiger partial charge in [-0.05, 0) is 45.0 Å². The predicted octanol–water partition coefficient (Wildman–Crippen LogP) is 3.84. The van der Waals surface area contributed by atoms with Crippen LogP contribution in [0.25, 0.3) is 0 Å². The molecule has 0 bridgehead atoms. The standard InChI is InChI=1S/C22H26Cl2FN3O4S/c1-14(2)26-22(30)15(3)27(12-16-7-5-6-8-20(16)25)21(29)13-28(33(4,31)32)17-9-10-18(23)19(24)11-17/h5-11,14-15H,12-13H2,1-4H3,(H,26,30)/t15-/m0/s1. The first-order valence-corrected chi connectivity index (χ1v) is 12.7. The van der Waals surface area contributed by atoms with E-state index in [4.69, 9.17) is 23.2 Å². The highest BCUT2D eigenvalue weighted by atomic mass is 35.5. The Kier molecular flexibility index (Phi) is 9.11. The van der Waals surface area contributed by atoms with E-state index in [1.807, 2.05) is 0 Å². The van der Waals surface area contributed by atoms with Gasteiger partial charge < -0.3 is 10.2 Å². The van der Waals surface area contributed by atoms with E-state index in [2.05, 4.69) is 5.32 Å². The highest BCUT2D eigenvalue weighted by Crippen LogP contribution is 2.28. The number of carbonyl (C=O) groups is 2. The van der Waals surface area contributed by atoms with Crippen LogP contribution >= 0.6 is 23.2 Å². The summed E-state index contributed by atoms with van der Waals surface area (Å²) in [6, 6.07) is 8.84. The number of sulfonamides is 1. The Bertz CT molecular complexity index is 1130. The maximum absolute atomic E-state index is 14.3. The third kappa shape index (κ3) is 7.31. The Morgan fingerprint density at radius 1 is 1.06 bits per heavy atom. The number of nitrogens with one attached hydrogen (secondary N) is 1. The summed E-state index contributed by atoms with van der Waals surface area (Å²) in [5.74, 6) is -1.69. The summed E-state index contributed by atoms with van der Waals surface area (Å²) in [6.07, 6.45) is 0.943. The Labute approximate surface area is 203 Å². The molecule has 2 aromatic carbocycles. The summed E-state index contributed by atoms with van der Waals surface area (Å²) < 4.78 is 40.2. The van der Waals surface area contributed by atoms with E-state index in [0.29, 0.717) is 0 Å². The van der Waals surface area contributed by atoms with Crippen LogP contribution in [-0.4, -0.2) is 50.0 Å². The lowest BCUT2D eigenvalue weighted by Crippen LogP contribution is -2.52. The van der Waals surface area contributed by atoms with E-state index in [9.17, 15) is 22.4 Å². The van der Waals surface area contributed by atoms with Crippen LogP contribution in [0.4, 0.5) is 10.1 Å². The SMILES string of the molecule is CC(C)NC(=O)[C@H](C)N(Cc1ccccc1F)C(=O)CN(c1ccc(Cl)c(Cl)c1)S(C)(=O)=O. The van der Waals surface area contributed by atoms with Gasteiger partial charge in [-0.2, -0.15) is 0 Å². The summed E-state index contributed by atoms with van der Waals surface area (Å²) in [6.45, 7) is 4.19. The normalized spacial score (nSPS) is 12.4. The molecule has 2 amide bonds. The topological polar surface area (TPSA) is 86.8 Å². The molecule has 7 nitrogen and oxygen atoms in total. The third-order valence-corrected chi connectivity index (χ3v) is 6.65. The molecule has 0 aliphatic heterocycles. The number of nitrogens with zero attached hydrogens (tertiary/aromatic N) is 2. The smallest absolute Gasteiger partial charge is 0.244 e. The van der Waals surface area contributed by atoms with Crippen molar-refractivity contribution in [2.24, 2.45) is 0 Å². The van der Waals surface area contributed by atoms with Gasteiger partial charge in [0.05, 0.1) is 22.0 Å². The molecule has 0 saturated carbocycles. The highest BCUT2D eigenvalue weighted by molar-refractivity contribution is 7.92. The third-order valence-electron chi connectivity index (χ3n) is 4.77. The number of amides is 2. The number of hydrogen-bond donors (Lipinski definition) is 1. The van der Waals surface area contributed by atoms with Crippen LogP contribution in [0.2, 0.25) is 10.0 Å². The van der Waals surface area contributed by atoms with Crippen LogP contribution in [0.1, 0.15) is 26.3 Å². The summed E-state index contributed by atoms with van der Waals surface area (Å²) in [7, 11) is -3.91. The second-order valence-electron chi connectivity index (χ2n) is 7.82. The molecular formula is C22H26Cl2FN3O4S. The minimum atomic E-state index is -3.91. The van der Waals surface area contributed by atoms with E-state index in [0.717, 1.165) is 15.5 Å². The first kappa shape index (κ1) is 26.9. The predicted molar refractivity (Wildman–Crippen MR) is 128 cm³/mol. The van der Waals surface area contributed by atoms with E-state index >= 15 is 0 Å². The first-order chi connectivity index (χ1) is 15.3. The van der Waals surface area contributed by atoms with Crippen molar-refractivity contribution in [3.8, 4) is 0 Å². The Morgan fingerprint density at radius 2 is 1.70 bits per heavy atom. The number of carbonyl (C=O) groups excluding carboxylic acids is 2. The molecule has 0 aliphatic rings. The van der Waals surface area contributed by atoms with Gasteiger partial charge in [0.2, 0.25) is 21.8 Å². The summed E-state index contributed by atoms with van der Waals surface area (Å²) in [4.78, 5) is 27.1. The van der Waals surface area contributed by atoms with Gasteiger partial charge in [-0.15, -0.1) is 0 Å². The molecule has 0 fully saturated rings. The van der Waals surface area contributed by atoms with E-state index in [-0.39, 0.29) is 33.9 Å². The molecular weight excluding hydrogens is 492 g/mol. The van der Waals surface area contributed by atoms with Crippen molar-refractivity contribution in [1.82, 2.24) is 10.2 Å². The summed E-state index contributed by atoms with van der Waals surface area (Å²) >= 11 is 12.0. The van der Waals surface area contributed by atoms with Gasteiger partial charge in [0.25, 0.3) is 0 Å². The Morgan fingerprint density at radius 3 is 2.24 bits per heavy atom. The molecule has 2 aromatic rings. The second kappa shape index (κ2) is 11.2. The molecule has 0 radical (unpaired) electrons. The van der Waals surface area contributed by atoms with Crippen LogP contribution < -0.4 is 9.62 Å². The molecule has 0 heterocycles. The maximum Gasteiger partial charge on any atom is 0.244 e. The molecule has 1 atom stereocenters. The van der Waals surface area contributed by atoms with Gasteiger partial charge >= 0.3 is 0 Å². The van der Waals surface area contributed by atoms with Gasteiger partial charge in [-0.25, -0.2) is 12.8 Å². The fraction of sp³-hybridized carbons (Fsp3) is 0.364. The number of rotatable bonds is 9. The van der Waals surface area contributed by atoms with Gasteiger partial charge in [-0.3, -0.25) is 13.9 Å². The van der Waals surface area contributed by atoms with Crippen molar-refractivity contribution < 1.29 is 22.4 Å². The van der Waals surface area contributed by atoms with Crippen LogP contribution in [-0.2, 0) is 26.2 Å². The summed E-state index contributed by atoms with van der Waals surface area (Å²) in [5.41, 5.74) is 0.320. The van der Waals surface area contributed by atoms with Crippen molar-refractivity contribution >= 4 is 50.7 Å². The Hall–Kier alpha value is -2.36. The summed E-state index contributed by atoms with van der Waals surface area (Å²) in [5, 5.41) is 3.05. The molecule has 33 heavy (non-hydrogen) atoms. The van der Waals surface area contributed by atoms with Crippen molar-refractivity contribution in [1.29, 1.82) is 0 Å². The minimum absolute atomic E-state index is 0.114. The van der Waals surface area contributed by atoms with Crippen molar-refractivity contribution in [2.45, 2.75) is 39.4 Å². The van der Waals surface area contributed by atoms with Gasteiger partial charge in [0, 0.05) is 18.2 Å². The number of benzene rings is 2. The molecule has 0 saturated heterocycles. The first-order valence-electron chi connectivity index (χ1n) is 10.1. The molecule has 11 heteroatoms. The monoisotopic (exact) mass is 517 g/mol. The zero-order valence-electron chi connectivity index (χ0n) is 18.7. The average molecular weight is 518 g/mol. The van der Waals surface area contributed by atoms with Crippen LogP contribution in [0.15, 0.2) is 42.5 Å². The fourth-order valence-electron chi connectivity index (χ4n) is 3.05. The van der Waals surface area contributed by atoms with E-state index in [1.165, 1.54) is 43.3 Å². The number of halogens is 3. The van der Waals surface area contributed by atoms with Crippen LogP contribution in [0, 0.1) is 5.82 Å². The molecule has 1 N–H and O–H groups in total. The number of hydrogen-bond acceptors (Lipinski definition) is 4. The lowest BCUT2D eigenvalue weighted by atomic mass is 10.1. The molecule has 0 aliphatic carbocycles. The lowest BCUT2D eigenvalue weighted by molar-refractivity contribution is -0.139. The lowest BCUT2D eigenvalue weighted by Gasteiger charge is -2.32. The molecule has 2 rings (SSSR count). The van der Waals surface area contributed by atoms with Crippen LogP contribution in [0.3, 0.4) is 0 Å². The van der Waals surface area contributed by atoms with Gasteiger partial charge in [-0.1, -0.05) is 41.4 Å². The molecule has 0 aromatic heterocycles. The fourth-order valence-corrected chi connectivity index (χ4v) is 4.19. The van der Waals surface area contributed by atoms with Crippen LogP contribution in [0.5, 0.6) is 0 Å². The average Bonchev–Trinajstić information content (AvgIpc) is 2.71.